The molecule has 1 fully saturated rings. The van der Waals surface area contributed by atoms with E-state index in [1.165, 1.54) is 11.1 Å². The highest BCUT2D eigenvalue weighted by Gasteiger charge is 2.24. The van der Waals surface area contributed by atoms with Crippen molar-refractivity contribution >= 4 is 11.7 Å². The summed E-state index contributed by atoms with van der Waals surface area (Å²) in [5.41, 5.74) is 3.08. The summed E-state index contributed by atoms with van der Waals surface area (Å²) in [6.45, 7) is 1.36. The van der Waals surface area contributed by atoms with Crippen LogP contribution in [0.5, 0.6) is 5.75 Å². The minimum absolute atomic E-state index is 0.0846. The summed E-state index contributed by atoms with van der Waals surface area (Å²) < 4.78 is 6.12. The number of likely N-dealkylation sites (tertiary alicyclic amines) is 1. The van der Waals surface area contributed by atoms with Crippen molar-refractivity contribution < 1.29 is 9.53 Å². The molecule has 0 saturated carbocycles. The first-order chi connectivity index (χ1) is 13.8. The topological polar surface area (TPSA) is 54.5 Å². The van der Waals surface area contributed by atoms with Crippen molar-refractivity contribution in [3.63, 3.8) is 0 Å². The summed E-state index contributed by atoms with van der Waals surface area (Å²) in [5.74, 6) is 0.873. The SMILES string of the molecule is O=C(Nc1cccnc1)N1CCC(Oc2ccc(-c3ccccc3)cc2)CC1. The van der Waals surface area contributed by atoms with Gasteiger partial charge < -0.3 is 15.0 Å². The lowest BCUT2D eigenvalue weighted by atomic mass is 10.1. The van der Waals surface area contributed by atoms with Gasteiger partial charge in [0, 0.05) is 32.1 Å². The van der Waals surface area contributed by atoms with E-state index in [1.54, 1.807) is 18.5 Å². The zero-order valence-corrected chi connectivity index (χ0v) is 15.6. The van der Waals surface area contributed by atoms with Crippen LogP contribution in [0.4, 0.5) is 10.5 Å². The summed E-state index contributed by atoms with van der Waals surface area (Å²) in [6.07, 6.45) is 5.10. The summed E-state index contributed by atoms with van der Waals surface area (Å²) >= 11 is 0. The molecule has 4 rings (SSSR count). The number of pyridine rings is 1. The lowest BCUT2D eigenvalue weighted by Gasteiger charge is -2.32. The average Bonchev–Trinajstić information content (AvgIpc) is 2.76. The number of amides is 2. The smallest absolute Gasteiger partial charge is 0.321 e. The maximum absolute atomic E-state index is 12.4. The zero-order valence-electron chi connectivity index (χ0n) is 15.6. The van der Waals surface area contributed by atoms with Crippen LogP contribution >= 0.6 is 0 Å². The first-order valence-electron chi connectivity index (χ1n) is 9.56. The van der Waals surface area contributed by atoms with Crippen LogP contribution in [0.1, 0.15) is 12.8 Å². The van der Waals surface area contributed by atoms with Gasteiger partial charge in [0.15, 0.2) is 0 Å². The molecule has 1 aliphatic heterocycles. The number of hydrogen-bond donors (Lipinski definition) is 1. The van der Waals surface area contributed by atoms with Crippen molar-refractivity contribution in [3.8, 4) is 16.9 Å². The molecule has 0 radical (unpaired) electrons. The molecule has 0 spiro atoms. The van der Waals surface area contributed by atoms with Crippen molar-refractivity contribution in [2.45, 2.75) is 18.9 Å². The summed E-state index contributed by atoms with van der Waals surface area (Å²) in [4.78, 5) is 18.2. The molecule has 1 aliphatic rings. The Kier molecular flexibility index (Phi) is 5.52. The minimum atomic E-state index is -0.0846. The highest BCUT2D eigenvalue weighted by Crippen LogP contribution is 2.24. The Morgan fingerprint density at radius 3 is 2.32 bits per heavy atom. The number of ether oxygens (including phenoxy) is 1. The Hall–Kier alpha value is -3.34. The van der Waals surface area contributed by atoms with Crippen LogP contribution in [0, 0.1) is 0 Å². The number of hydrogen-bond acceptors (Lipinski definition) is 3. The molecule has 142 valence electrons. The highest BCUT2D eigenvalue weighted by atomic mass is 16.5. The lowest BCUT2D eigenvalue weighted by Crippen LogP contribution is -2.43. The molecule has 1 N–H and O–H groups in total. The van der Waals surface area contributed by atoms with E-state index >= 15 is 0 Å². The highest BCUT2D eigenvalue weighted by molar-refractivity contribution is 5.89. The van der Waals surface area contributed by atoms with Gasteiger partial charge >= 0.3 is 6.03 Å². The molecule has 3 aromatic rings. The fraction of sp³-hybridized carbons (Fsp3) is 0.217. The molecule has 0 unspecified atom stereocenters. The maximum Gasteiger partial charge on any atom is 0.321 e. The fourth-order valence-corrected chi connectivity index (χ4v) is 3.36. The van der Waals surface area contributed by atoms with E-state index in [9.17, 15) is 4.79 Å². The van der Waals surface area contributed by atoms with Crippen LogP contribution in [0.3, 0.4) is 0 Å². The number of carbonyl (C=O) groups excluding carboxylic acids is 1. The third-order valence-electron chi connectivity index (χ3n) is 4.91. The zero-order chi connectivity index (χ0) is 19.2. The Balaban J connectivity index is 1.28. The van der Waals surface area contributed by atoms with Gasteiger partial charge in [-0.3, -0.25) is 4.98 Å². The van der Waals surface area contributed by atoms with Gasteiger partial charge in [0.25, 0.3) is 0 Å². The molecule has 1 saturated heterocycles. The summed E-state index contributed by atoms with van der Waals surface area (Å²) in [6, 6.07) is 22.1. The molecule has 0 atom stereocenters. The fourth-order valence-electron chi connectivity index (χ4n) is 3.36. The standard InChI is InChI=1S/C23H23N3O2/c27-23(25-20-7-4-14-24-17-20)26-15-12-22(13-16-26)28-21-10-8-19(9-11-21)18-5-2-1-3-6-18/h1-11,14,17,22H,12-13,15-16H2,(H,25,27). The van der Waals surface area contributed by atoms with Crippen molar-refractivity contribution in [3.05, 3.63) is 79.1 Å². The molecular weight excluding hydrogens is 350 g/mol. The van der Waals surface area contributed by atoms with Gasteiger partial charge in [-0.05, 0) is 35.4 Å². The molecule has 28 heavy (non-hydrogen) atoms. The minimum Gasteiger partial charge on any atom is -0.490 e. The molecule has 5 heteroatoms. The van der Waals surface area contributed by atoms with Gasteiger partial charge in [0.05, 0.1) is 11.9 Å². The number of rotatable bonds is 4. The first-order valence-corrected chi connectivity index (χ1v) is 9.56. The van der Waals surface area contributed by atoms with E-state index in [-0.39, 0.29) is 12.1 Å². The third kappa shape index (κ3) is 4.49. The van der Waals surface area contributed by atoms with Crippen LogP contribution in [0.15, 0.2) is 79.1 Å². The van der Waals surface area contributed by atoms with Gasteiger partial charge in [-0.1, -0.05) is 42.5 Å². The second-order valence-corrected chi connectivity index (χ2v) is 6.87. The number of anilines is 1. The normalized spacial score (nSPS) is 14.5. The number of nitrogens with zero attached hydrogens (tertiary/aromatic N) is 2. The number of nitrogens with one attached hydrogen (secondary N) is 1. The van der Waals surface area contributed by atoms with E-state index < -0.39 is 0 Å². The van der Waals surface area contributed by atoms with Crippen molar-refractivity contribution in [1.82, 2.24) is 9.88 Å². The van der Waals surface area contributed by atoms with Crippen molar-refractivity contribution in [1.29, 1.82) is 0 Å². The molecule has 2 aromatic carbocycles. The molecule has 1 aromatic heterocycles. The molecular formula is C23H23N3O2. The molecule has 0 aliphatic carbocycles. The van der Waals surface area contributed by atoms with E-state index in [0.717, 1.165) is 18.6 Å². The van der Waals surface area contributed by atoms with E-state index in [0.29, 0.717) is 18.8 Å². The second kappa shape index (κ2) is 8.57. The number of piperidine rings is 1. The molecule has 5 nitrogen and oxygen atoms in total. The Bertz CT molecular complexity index is 890. The monoisotopic (exact) mass is 373 g/mol. The Morgan fingerprint density at radius 1 is 0.929 bits per heavy atom. The third-order valence-corrected chi connectivity index (χ3v) is 4.91. The number of carbonyl (C=O) groups is 1. The predicted molar refractivity (Wildman–Crippen MR) is 110 cm³/mol. The van der Waals surface area contributed by atoms with E-state index in [4.69, 9.17) is 4.74 Å². The second-order valence-electron chi connectivity index (χ2n) is 6.87. The van der Waals surface area contributed by atoms with Gasteiger partial charge in [0.2, 0.25) is 0 Å². The van der Waals surface area contributed by atoms with Crippen LogP contribution in [0.25, 0.3) is 11.1 Å². The Morgan fingerprint density at radius 2 is 1.64 bits per heavy atom. The number of aromatic nitrogens is 1. The largest absolute Gasteiger partial charge is 0.490 e. The van der Waals surface area contributed by atoms with Crippen LogP contribution in [-0.4, -0.2) is 35.1 Å². The van der Waals surface area contributed by atoms with Gasteiger partial charge in [-0.25, -0.2) is 4.79 Å². The van der Waals surface area contributed by atoms with Crippen molar-refractivity contribution in [2.75, 3.05) is 18.4 Å². The summed E-state index contributed by atoms with van der Waals surface area (Å²) in [7, 11) is 0. The van der Waals surface area contributed by atoms with Crippen LogP contribution in [0.2, 0.25) is 0 Å². The number of benzene rings is 2. The van der Waals surface area contributed by atoms with Gasteiger partial charge in [-0.2, -0.15) is 0 Å². The quantitative estimate of drug-likeness (QED) is 0.713. The van der Waals surface area contributed by atoms with E-state index in [1.807, 2.05) is 41.3 Å². The van der Waals surface area contributed by atoms with E-state index in [2.05, 4.69) is 34.6 Å². The first kappa shape index (κ1) is 18.0. The van der Waals surface area contributed by atoms with Crippen LogP contribution in [-0.2, 0) is 0 Å². The lowest BCUT2D eigenvalue weighted by molar-refractivity contribution is 0.115. The van der Waals surface area contributed by atoms with Crippen LogP contribution < -0.4 is 10.1 Å². The van der Waals surface area contributed by atoms with Gasteiger partial charge in [0.1, 0.15) is 11.9 Å². The number of urea groups is 1. The maximum atomic E-state index is 12.4. The molecule has 0 bridgehead atoms. The predicted octanol–water partition coefficient (Wildman–Crippen LogP) is 4.82. The van der Waals surface area contributed by atoms with Crippen molar-refractivity contribution in [2.24, 2.45) is 0 Å². The summed E-state index contributed by atoms with van der Waals surface area (Å²) in [5, 5.41) is 2.88. The Labute approximate surface area is 165 Å². The molecule has 2 amide bonds. The molecule has 2 heterocycles. The van der Waals surface area contributed by atoms with Gasteiger partial charge in [-0.15, -0.1) is 0 Å². The average molecular weight is 373 g/mol.